The highest BCUT2D eigenvalue weighted by atomic mass is 35.5. The van der Waals surface area contributed by atoms with Gasteiger partial charge in [-0.15, -0.1) is 0 Å². The van der Waals surface area contributed by atoms with E-state index in [0.717, 1.165) is 31.2 Å². The van der Waals surface area contributed by atoms with Crippen LogP contribution in [0, 0.1) is 0 Å². The van der Waals surface area contributed by atoms with Gasteiger partial charge in [-0.05, 0) is 49.8 Å². The fraction of sp³-hybridized carbons (Fsp3) is 0.571. The smallest absolute Gasteiger partial charge is 0.0694 e. The lowest BCUT2D eigenvalue weighted by Crippen LogP contribution is -2.48. The molecule has 19 heavy (non-hydrogen) atoms. The second-order valence-corrected chi connectivity index (χ2v) is 6.09. The van der Waals surface area contributed by atoms with E-state index in [1.807, 2.05) is 12.1 Å². The third kappa shape index (κ3) is 3.61. The molecule has 0 heterocycles. The monoisotopic (exact) mass is 302 g/mol. The maximum absolute atomic E-state index is 6.20. The van der Waals surface area contributed by atoms with Gasteiger partial charge in [-0.1, -0.05) is 29.3 Å². The standard InChI is InChI=1S/C14H20Cl2N2O/c1-19-14(5-2-6-14)9-12(18-17)7-10-3-4-11(15)8-13(10)16/h3-4,8,12,18H,2,5-7,9,17H2,1H3. The van der Waals surface area contributed by atoms with Crippen molar-refractivity contribution in [2.24, 2.45) is 5.84 Å². The first-order chi connectivity index (χ1) is 9.08. The van der Waals surface area contributed by atoms with Gasteiger partial charge in [-0.3, -0.25) is 11.3 Å². The van der Waals surface area contributed by atoms with E-state index in [2.05, 4.69) is 5.43 Å². The Labute approximate surface area is 124 Å². The van der Waals surface area contributed by atoms with Crippen molar-refractivity contribution in [2.45, 2.75) is 43.7 Å². The molecule has 1 fully saturated rings. The first kappa shape index (κ1) is 15.1. The molecule has 0 aliphatic heterocycles. The minimum atomic E-state index is -0.00403. The molecule has 1 aliphatic rings. The third-order valence-electron chi connectivity index (χ3n) is 4.03. The number of nitrogens with two attached hydrogens (primary N) is 1. The Balaban J connectivity index is 2.02. The second kappa shape index (κ2) is 6.42. The number of hydrogen-bond donors (Lipinski definition) is 2. The number of rotatable bonds is 6. The summed E-state index contributed by atoms with van der Waals surface area (Å²) in [6.07, 6.45) is 5.12. The lowest BCUT2D eigenvalue weighted by Gasteiger charge is -2.42. The van der Waals surface area contributed by atoms with Crippen LogP contribution < -0.4 is 11.3 Å². The molecule has 0 spiro atoms. The van der Waals surface area contributed by atoms with E-state index >= 15 is 0 Å². The van der Waals surface area contributed by atoms with Gasteiger partial charge in [0, 0.05) is 23.2 Å². The maximum atomic E-state index is 6.20. The predicted octanol–water partition coefficient (Wildman–Crippen LogP) is 3.33. The fourth-order valence-electron chi connectivity index (χ4n) is 2.65. The summed E-state index contributed by atoms with van der Waals surface area (Å²) in [5.74, 6) is 5.67. The van der Waals surface area contributed by atoms with Crippen LogP contribution in [-0.2, 0) is 11.2 Å². The molecule has 3 nitrogen and oxygen atoms in total. The summed E-state index contributed by atoms with van der Waals surface area (Å²) in [7, 11) is 1.78. The molecule has 0 amide bonds. The molecule has 1 aromatic rings. The lowest BCUT2D eigenvalue weighted by molar-refractivity contribution is -0.0834. The quantitative estimate of drug-likeness (QED) is 0.626. The summed E-state index contributed by atoms with van der Waals surface area (Å²) >= 11 is 12.1. The topological polar surface area (TPSA) is 47.3 Å². The molecule has 106 valence electrons. The molecule has 2 rings (SSSR count). The van der Waals surface area contributed by atoms with E-state index in [0.29, 0.717) is 10.0 Å². The van der Waals surface area contributed by atoms with Crippen LogP contribution in [0.1, 0.15) is 31.2 Å². The van der Waals surface area contributed by atoms with Crippen LogP contribution in [0.25, 0.3) is 0 Å². The van der Waals surface area contributed by atoms with Crippen molar-refractivity contribution in [3.8, 4) is 0 Å². The number of methoxy groups -OCH3 is 1. The number of benzene rings is 1. The second-order valence-electron chi connectivity index (χ2n) is 5.25. The molecule has 0 bridgehead atoms. The van der Waals surface area contributed by atoms with Crippen LogP contribution in [0.5, 0.6) is 0 Å². The number of nitrogens with one attached hydrogen (secondary N) is 1. The van der Waals surface area contributed by atoms with Crippen LogP contribution in [-0.4, -0.2) is 18.8 Å². The zero-order chi connectivity index (χ0) is 13.9. The van der Waals surface area contributed by atoms with Crippen LogP contribution in [0.2, 0.25) is 10.0 Å². The number of ether oxygens (including phenoxy) is 1. The Morgan fingerprint density at radius 1 is 1.42 bits per heavy atom. The average molecular weight is 303 g/mol. The van der Waals surface area contributed by atoms with E-state index in [1.165, 1.54) is 6.42 Å². The number of hydrazine groups is 1. The Hall–Kier alpha value is -0.320. The summed E-state index contributed by atoms with van der Waals surface area (Å²) in [6, 6.07) is 5.72. The summed E-state index contributed by atoms with van der Waals surface area (Å²) in [5.41, 5.74) is 3.93. The molecule has 0 aromatic heterocycles. The van der Waals surface area contributed by atoms with Crippen molar-refractivity contribution in [1.29, 1.82) is 0 Å². The summed E-state index contributed by atoms with van der Waals surface area (Å²) in [4.78, 5) is 0. The van der Waals surface area contributed by atoms with Crippen molar-refractivity contribution < 1.29 is 4.74 Å². The van der Waals surface area contributed by atoms with Crippen LogP contribution in [0.15, 0.2) is 18.2 Å². The fourth-order valence-corrected chi connectivity index (χ4v) is 3.14. The molecule has 0 radical (unpaired) electrons. The minimum Gasteiger partial charge on any atom is -0.378 e. The first-order valence-corrected chi connectivity index (χ1v) is 7.29. The van der Waals surface area contributed by atoms with Gasteiger partial charge < -0.3 is 4.74 Å². The Morgan fingerprint density at radius 3 is 2.63 bits per heavy atom. The van der Waals surface area contributed by atoms with Gasteiger partial charge in [0.15, 0.2) is 0 Å². The van der Waals surface area contributed by atoms with Crippen LogP contribution >= 0.6 is 23.2 Å². The SMILES string of the molecule is COC1(CC(Cc2ccc(Cl)cc2Cl)NN)CCC1. The van der Waals surface area contributed by atoms with Crippen molar-refractivity contribution in [3.05, 3.63) is 33.8 Å². The van der Waals surface area contributed by atoms with E-state index < -0.39 is 0 Å². The molecule has 1 atom stereocenters. The largest absolute Gasteiger partial charge is 0.378 e. The number of hydrogen-bond acceptors (Lipinski definition) is 3. The van der Waals surface area contributed by atoms with E-state index in [1.54, 1.807) is 13.2 Å². The van der Waals surface area contributed by atoms with Gasteiger partial charge in [0.25, 0.3) is 0 Å². The molecule has 1 aromatic carbocycles. The Bertz CT molecular complexity index is 430. The van der Waals surface area contributed by atoms with Crippen LogP contribution in [0.3, 0.4) is 0 Å². The summed E-state index contributed by atoms with van der Waals surface area (Å²) < 4.78 is 5.64. The van der Waals surface area contributed by atoms with Gasteiger partial charge in [0.1, 0.15) is 0 Å². The van der Waals surface area contributed by atoms with Crippen molar-refractivity contribution >= 4 is 23.2 Å². The Kier molecular flexibility index (Phi) is 5.09. The van der Waals surface area contributed by atoms with E-state index in [4.69, 9.17) is 33.8 Å². The predicted molar refractivity (Wildman–Crippen MR) is 79.5 cm³/mol. The highest BCUT2D eigenvalue weighted by Gasteiger charge is 2.38. The van der Waals surface area contributed by atoms with Gasteiger partial charge in [-0.2, -0.15) is 0 Å². The van der Waals surface area contributed by atoms with E-state index in [9.17, 15) is 0 Å². The van der Waals surface area contributed by atoms with Crippen molar-refractivity contribution in [2.75, 3.05) is 7.11 Å². The van der Waals surface area contributed by atoms with E-state index in [-0.39, 0.29) is 11.6 Å². The highest BCUT2D eigenvalue weighted by molar-refractivity contribution is 6.35. The zero-order valence-corrected chi connectivity index (χ0v) is 12.6. The summed E-state index contributed by atoms with van der Waals surface area (Å²) in [5, 5.41) is 1.34. The van der Waals surface area contributed by atoms with Crippen LogP contribution in [0.4, 0.5) is 0 Å². The minimum absolute atomic E-state index is 0.00403. The van der Waals surface area contributed by atoms with Crippen molar-refractivity contribution in [3.63, 3.8) is 0 Å². The lowest BCUT2D eigenvalue weighted by atomic mass is 9.75. The Morgan fingerprint density at radius 2 is 2.16 bits per heavy atom. The molecule has 5 heteroatoms. The first-order valence-electron chi connectivity index (χ1n) is 6.54. The van der Waals surface area contributed by atoms with Crippen molar-refractivity contribution in [1.82, 2.24) is 5.43 Å². The molecule has 1 aliphatic carbocycles. The van der Waals surface area contributed by atoms with Gasteiger partial charge >= 0.3 is 0 Å². The summed E-state index contributed by atoms with van der Waals surface area (Å²) in [6.45, 7) is 0. The molecule has 3 N–H and O–H groups in total. The molecule has 0 saturated heterocycles. The molecule has 1 saturated carbocycles. The normalized spacial score (nSPS) is 18.9. The maximum Gasteiger partial charge on any atom is 0.0694 e. The molecule has 1 unspecified atom stereocenters. The van der Waals surface area contributed by atoms with Gasteiger partial charge in [-0.25, -0.2) is 0 Å². The van der Waals surface area contributed by atoms with Gasteiger partial charge in [0.05, 0.1) is 5.60 Å². The zero-order valence-electron chi connectivity index (χ0n) is 11.1. The average Bonchev–Trinajstić information content (AvgIpc) is 2.35. The van der Waals surface area contributed by atoms with Gasteiger partial charge in [0.2, 0.25) is 0 Å². The number of halogens is 2. The molecular formula is C14H20Cl2N2O. The molecular weight excluding hydrogens is 283 g/mol. The third-order valence-corrected chi connectivity index (χ3v) is 4.62. The highest BCUT2D eigenvalue weighted by Crippen LogP contribution is 2.39.